The third kappa shape index (κ3) is 2.48. The first kappa shape index (κ1) is 12.1. The second-order valence-corrected chi connectivity index (χ2v) is 4.54. The van der Waals surface area contributed by atoms with E-state index in [9.17, 15) is 4.79 Å². The molecule has 0 aliphatic carbocycles. The summed E-state index contributed by atoms with van der Waals surface area (Å²) in [6.45, 7) is 1.88. The number of carbonyl (C=O) groups excluding carboxylic acids is 1. The van der Waals surface area contributed by atoms with Crippen LogP contribution < -0.4 is 0 Å². The molecule has 86 valence electrons. The molecule has 4 heteroatoms. The molecule has 1 heterocycles. The first-order chi connectivity index (χ1) is 8.11. The summed E-state index contributed by atoms with van der Waals surface area (Å²) in [5.74, 6) is 0. The van der Waals surface area contributed by atoms with E-state index >= 15 is 0 Å². The van der Waals surface area contributed by atoms with E-state index < -0.39 is 0 Å². The van der Waals surface area contributed by atoms with Crippen molar-refractivity contribution in [3.8, 4) is 11.3 Å². The summed E-state index contributed by atoms with van der Waals surface area (Å²) in [7, 11) is 0. The lowest BCUT2D eigenvalue weighted by atomic mass is 10.1. The average Bonchev–Trinajstić information content (AvgIpc) is 2.30. The maximum atomic E-state index is 11.0. The average molecular weight is 266 g/mol. The Morgan fingerprint density at radius 3 is 2.65 bits per heavy atom. The van der Waals surface area contributed by atoms with Crippen LogP contribution in [0.2, 0.25) is 10.0 Å². The molecule has 2 nitrogen and oxygen atoms in total. The second-order valence-electron chi connectivity index (χ2n) is 3.69. The third-order valence-electron chi connectivity index (χ3n) is 2.37. The van der Waals surface area contributed by atoms with E-state index in [2.05, 4.69) is 4.98 Å². The van der Waals surface area contributed by atoms with E-state index in [0.717, 1.165) is 11.8 Å². The molecule has 0 spiro atoms. The van der Waals surface area contributed by atoms with Crippen molar-refractivity contribution in [3.63, 3.8) is 0 Å². The van der Waals surface area contributed by atoms with E-state index in [4.69, 9.17) is 23.2 Å². The highest BCUT2D eigenvalue weighted by Crippen LogP contribution is 2.30. The SMILES string of the molecule is Cc1cnc(-c2ccc(Cl)cc2Cl)c(C=O)c1. The molecule has 2 aromatic rings. The zero-order valence-electron chi connectivity index (χ0n) is 9.08. The number of pyridine rings is 1. The van der Waals surface area contributed by atoms with Crippen LogP contribution in [0.5, 0.6) is 0 Å². The van der Waals surface area contributed by atoms with Crippen LogP contribution in [0.3, 0.4) is 0 Å². The lowest BCUT2D eigenvalue weighted by molar-refractivity contribution is 0.112. The summed E-state index contributed by atoms with van der Waals surface area (Å²) in [5.41, 5.74) is 2.74. The zero-order valence-corrected chi connectivity index (χ0v) is 10.6. The number of rotatable bonds is 2. The normalized spacial score (nSPS) is 10.3. The Labute approximate surface area is 109 Å². The van der Waals surface area contributed by atoms with Crippen LogP contribution in [0, 0.1) is 6.92 Å². The highest BCUT2D eigenvalue weighted by atomic mass is 35.5. The fraction of sp³-hybridized carbons (Fsp3) is 0.0769. The number of aromatic nitrogens is 1. The van der Waals surface area contributed by atoms with E-state index in [1.54, 1.807) is 30.5 Å². The maximum absolute atomic E-state index is 11.0. The predicted molar refractivity (Wildman–Crippen MR) is 69.8 cm³/mol. The number of aryl methyl sites for hydroxylation is 1. The molecule has 0 bridgehead atoms. The topological polar surface area (TPSA) is 30.0 Å². The number of hydrogen-bond acceptors (Lipinski definition) is 2. The fourth-order valence-electron chi connectivity index (χ4n) is 1.59. The second kappa shape index (κ2) is 4.86. The monoisotopic (exact) mass is 265 g/mol. The lowest BCUT2D eigenvalue weighted by Crippen LogP contribution is -1.93. The largest absolute Gasteiger partial charge is 0.298 e. The molecule has 0 aliphatic heterocycles. The number of carbonyl (C=O) groups is 1. The molecule has 0 saturated heterocycles. The summed E-state index contributed by atoms with van der Waals surface area (Å²) in [6, 6.07) is 6.89. The van der Waals surface area contributed by atoms with Crippen molar-refractivity contribution in [2.24, 2.45) is 0 Å². The summed E-state index contributed by atoms with van der Waals surface area (Å²) in [6.07, 6.45) is 2.48. The van der Waals surface area contributed by atoms with Gasteiger partial charge in [0.1, 0.15) is 0 Å². The van der Waals surface area contributed by atoms with Gasteiger partial charge in [-0.1, -0.05) is 23.2 Å². The molecule has 0 saturated carbocycles. The van der Waals surface area contributed by atoms with Gasteiger partial charge >= 0.3 is 0 Å². The molecule has 1 aromatic heterocycles. The molecular formula is C13H9Cl2NO. The van der Waals surface area contributed by atoms with Gasteiger partial charge in [0.05, 0.1) is 10.7 Å². The molecule has 17 heavy (non-hydrogen) atoms. The smallest absolute Gasteiger partial charge is 0.152 e. The summed E-state index contributed by atoms with van der Waals surface area (Å²) in [4.78, 5) is 15.3. The van der Waals surface area contributed by atoms with Gasteiger partial charge in [-0.25, -0.2) is 0 Å². The Bertz CT molecular complexity index is 582. The van der Waals surface area contributed by atoms with Crippen LogP contribution in [0.15, 0.2) is 30.5 Å². The molecule has 2 rings (SSSR count). The minimum atomic E-state index is 0.483. The quantitative estimate of drug-likeness (QED) is 0.763. The van der Waals surface area contributed by atoms with E-state index in [1.165, 1.54) is 0 Å². The van der Waals surface area contributed by atoms with Gasteiger partial charge in [0, 0.05) is 22.3 Å². The van der Waals surface area contributed by atoms with Crippen molar-refractivity contribution in [1.29, 1.82) is 0 Å². The van der Waals surface area contributed by atoms with Gasteiger partial charge in [0.15, 0.2) is 6.29 Å². The predicted octanol–water partition coefficient (Wildman–Crippen LogP) is 4.18. The Hall–Kier alpha value is -1.38. The summed E-state index contributed by atoms with van der Waals surface area (Å²) < 4.78 is 0. The van der Waals surface area contributed by atoms with Crippen LogP contribution >= 0.6 is 23.2 Å². The molecular weight excluding hydrogens is 257 g/mol. The van der Waals surface area contributed by atoms with Crippen LogP contribution in [0.1, 0.15) is 15.9 Å². The zero-order chi connectivity index (χ0) is 12.4. The minimum absolute atomic E-state index is 0.483. The Morgan fingerprint density at radius 2 is 2.00 bits per heavy atom. The van der Waals surface area contributed by atoms with Gasteiger partial charge in [-0.3, -0.25) is 9.78 Å². The van der Waals surface area contributed by atoms with Crippen LogP contribution in [-0.4, -0.2) is 11.3 Å². The van der Waals surface area contributed by atoms with Gasteiger partial charge in [0.2, 0.25) is 0 Å². The number of aldehydes is 1. The molecule has 0 unspecified atom stereocenters. The van der Waals surface area contributed by atoms with Crippen molar-refractivity contribution < 1.29 is 4.79 Å². The molecule has 1 aromatic carbocycles. The van der Waals surface area contributed by atoms with Gasteiger partial charge in [-0.05, 0) is 36.8 Å². The molecule has 0 N–H and O–H groups in total. The van der Waals surface area contributed by atoms with Crippen molar-refractivity contribution in [1.82, 2.24) is 4.98 Å². The number of hydrogen-bond donors (Lipinski definition) is 0. The third-order valence-corrected chi connectivity index (χ3v) is 2.91. The minimum Gasteiger partial charge on any atom is -0.298 e. The first-order valence-electron chi connectivity index (χ1n) is 4.99. The molecule has 0 atom stereocenters. The molecule has 0 radical (unpaired) electrons. The van der Waals surface area contributed by atoms with Gasteiger partial charge in [0.25, 0.3) is 0 Å². The Morgan fingerprint density at radius 1 is 1.24 bits per heavy atom. The number of halogens is 2. The van der Waals surface area contributed by atoms with Crippen LogP contribution in [-0.2, 0) is 0 Å². The van der Waals surface area contributed by atoms with Gasteiger partial charge in [-0.2, -0.15) is 0 Å². The highest BCUT2D eigenvalue weighted by molar-refractivity contribution is 6.36. The lowest BCUT2D eigenvalue weighted by Gasteiger charge is -2.07. The maximum Gasteiger partial charge on any atom is 0.152 e. The summed E-state index contributed by atoms with van der Waals surface area (Å²) in [5, 5.41) is 1.04. The van der Waals surface area contributed by atoms with Crippen molar-refractivity contribution in [2.45, 2.75) is 6.92 Å². The Balaban J connectivity index is 2.63. The summed E-state index contributed by atoms with van der Waals surface area (Å²) >= 11 is 11.9. The number of nitrogens with zero attached hydrogens (tertiary/aromatic N) is 1. The van der Waals surface area contributed by atoms with Crippen molar-refractivity contribution in [3.05, 3.63) is 51.6 Å². The van der Waals surface area contributed by atoms with E-state index in [0.29, 0.717) is 26.9 Å². The van der Waals surface area contributed by atoms with E-state index in [1.807, 2.05) is 6.92 Å². The molecule has 0 fully saturated rings. The van der Waals surface area contributed by atoms with Crippen molar-refractivity contribution in [2.75, 3.05) is 0 Å². The van der Waals surface area contributed by atoms with Gasteiger partial charge < -0.3 is 0 Å². The van der Waals surface area contributed by atoms with Crippen molar-refractivity contribution >= 4 is 29.5 Å². The standard InChI is InChI=1S/C13H9Cl2NO/c1-8-4-9(7-17)13(16-6-8)11-3-2-10(14)5-12(11)15/h2-7H,1H3. The van der Waals surface area contributed by atoms with Gasteiger partial charge in [-0.15, -0.1) is 0 Å². The molecule has 0 aliphatic rings. The number of benzene rings is 1. The highest BCUT2D eigenvalue weighted by Gasteiger charge is 2.10. The van der Waals surface area contributed by atoms with E-state index in [-0.39, 0.29) is 0 Å². The van der Waals surface area contributed by atoms with Crippen LogP contribution in [0.4, 0.5) is 0 Å². The molecule has 0 amide bonds. The Kier molecular flexibility index (Phi) is 3.46. The fourth-order valence-corrected chi connectivity index (χ4v) is 2.09. The first-order valence-corrected chi connectivity index (χ1v) is 5.74. The van der Waals surface area contributed by atoms with Crippen LogP contribution in [0.25, 0.3) is 11.3 Å².